The van der Waals surface area contributed by atoms with Gasteiger partial charge in [0, 0.05) is 30.0 Å². The average molecular weight is 250 g/mol. The van der Waals surface area contributed by atoms with Crippen LogP contribution in [-0.2, 0) is 4.79 Å². The molecule has 0 aliphatic heterocycles. The maximum atomic E-state index is 12.3. The monoisotopic (exact) mass is 250 g/mol. The highest BCUT2D eigenvalue weighted by Gasteiger charge is 2.21. The Bertz CT molecular complexity index is 446. The number of hydrogen-bond acceptors (Lipinski definition) is 3. The zero-order valence-corrected chi connectivity index (χ0v) is 10.9. The first kappa shape index (κ1) is 14.2. The van der Waals surface area contributed by atoms with E-state index < -0.39 is 5.97 Å². The number of aryl methyl sites for hydroxylation is 1. The standard InChI is InChI=1S/C13H18N2O3/c1-4-15(10(3)8-12(16)17)13(18)11-5-6-14-9(2)7-11/h5-7,10H,4,8H2,1-3H3,(H,16,17). The van der Waals surface area contributed by atoms with Gasteiger partial charge in [-0.05, 0) is 32.9 Å². The zero-order valence-electron chi connectivity index (χ0n) is 10.9. The predicted octanol–water partition coefficient (Wildman–Crippen LogP) is 1.72. The summed E-state index contributed by atoms with van der Waals surface area (Å²) in [5.74, 6) is -1.06. The fourth-order valence-electron chi connectivity index (χ4n) is 1.86. The first-order valence-corrected chi connectivity index (χ1v) is 5.91. The molecule has 1 rings (SSSR count). The Morgan fingerprint density at radius 2 is 2.17 bits per heavy atom. The number of hydrogen-bond donors (Lipinski definition) is 1. The molecule has 1 amide bonds. The van der Waals surface area contributed by atoms with E-state index >= 15 is 0 Å². The Morgan fingerprint density at radius 3 is 2.67 bits per heavy atom. The summed E-state index contributed by atoms with van der Waals surface area (Å²) < 4.78 is 0. The van der Waals surface area contributed by atoms with Crippen molar-refractivity contribution in [3.05, 3.63) is 29.6 Å². The van der Waals surface area contributed by atoms with Crippen molar-refractivity contribution in [2.45, 2.75) is 33.2 Å². The van der Waals surface area contributed by atoms with E-state index in [4.69, 9.17) is 5.11 Å². The largest absolute Gasteiger partial charge is 0.481 e. The minimum Gasteiger partial charge on any atom is -0.481 e. The van der Waals surface area contributed by atoms with Crippen LogP contribution in [0.4, 0.5) is 0 Å². The number of nitrogens with zero attached hydrogens (tertiary/aromatic N) is 2. The van der Waals surface area contributed by atoms with Gasteiger partial charge in [-0.25, -0.2) is 0 Å². The lowest BCUT2D eigenvalue weighted by atomic mass is 10.1. The number of amides is 1. The van der Waals surface area contributed by atoms with Gasteiger partial charge < -0.3 is 10.0 Å². The van der Waals surface area contributed by atoms with Crippen molar-refractivity contribution in [2.24, 2.45) is 0 Å². The third kappa shape index (κ3) is 3.55. The number of aromatic nitrogens is 1. The molecule has 1 unspecified atom stereocenters. The second kappa shape index (κ2) is 6.14. The molecule has 0 saturated heterocycles. The summed E-state index contributed by atoms with van der Waals surface area (Å²) >= 11 is 0. The van der Waals surface area contributed by atoms with E-state index in [-0.39, 0.29) is 18.4 Å². The number of aliphatic carboxylic acids is 1. The molecular formula is C13H18N2O3. The SMILES string of the molecule is CCN(C(=O)c1ccnc(C)c1)C(C)CC(=O)O. The average Bonchev–Trinajstić information content (AvgIpc) is 2.28. The number of rotatable bonds is 5. The summed E-state index contributed by atoms with van der Waals surface area (Å²) in [7, 11) is 0. The van der Waals surface area contributed by atoms with Gasteiger partial charge in [0.25, 0.3) is 5.91 Å². The third-order valence-corrected chi connectivity index (χ3v) is 2.75. The van der Waals surface area contributed by atoms with Gasteiger partial charge in [0.15, 0.2) is 0 Å². The van der Waals surface area contributed by atoms with Crippen molar-refractivity contribution in [2.75, 3.05) is 6.54 Å². The quantitative estimate of drug-likeness (QED) is 0.863. The molecule has 0 fully saturated rings. The molecule has 0 spiro atoms. The molecule has 0 aliphatic carbocycles. The van der Waals surface area contributed by atoms with Gasteiger partial charge in [-0.1, -0.05) is 0 Å². The van der Waals surface area contributed by atoms with Gasteiger partial charge in [-0.3, -0.25) is 14.6 Å². The van der Waals surface area contributed by atoms with Crippen molar-refractivity contribution < 1.29 is 14.7 Å². The molecule has 1 heterocycles. The molecule has 1 N–H and O–H groups in total. The maximum absolute atomic E-state index is 12.3. The molecule has 1 aromatic rings. The smallest absolute Gasteiger partial charge is 0.305 e. The Kier molecular flexibility index (Phi) is 4.83. The van der Waals surface area contributed by atoms with E-state index in [0.29, 0.717) is 12.1 Å². The minimum absolute atomic E-state index is 0.0519. The second-order valence-corrected chi connectivity index (χ2v) is 4.22. The summed E-state index contributed by atoms with van der Waals surface area (Å²) in [6.45, 7) is 5.87. The minimum atomic E-state index is -0.903. The van der Waals surface area contributed by atoms with E-state index in [2.05, 4.69) is 4.98 Å². The Hall–Kier alpha value is -1.91. The lowest BCUT2D eigenvalue weighted by Crippen LogP contribution is -2.39. The molecule has 0 saturated carbocycles. The molecule has 0 radical (unpaired) electrons. The van der Waals surface area contributed by atoms with E-state index in [1.807, 2.05) is 13.8 Å². The Labute approximate surface area is 106 Å². The van der Waals surface area contributed by atoms with Gasteiger partial charge in [0.1, 0.15) is 0 Å². The van der Waals surface area contributed by atoms with Gasteiger partial charge in [0.2, 0.25) is 0 Å². The fraction of sp³-hybridized carbons (Fsp3) is 0.462. The van der Waals surface area contributed by atoms with Crippen molar-refractivity contribution in [3.8, 4) is 0 Å². The van der Waals surface area contributed by atoms with Crippen molar-refractivity contribution in [1.82, 2.24) is 9.88 Å². The molecule has 5 nitrogen and oxygen atoms in total. The number of carboxylic acid groups (broad SMARTS) is 1. The van der Waals surface area contributed by atoms with Crippen LogP contribution in [0, 0.1) is 6.92 Å². The van der Waals surface area contributed by atoms with Gasteiger partial charge in [0.05, 0.1) is 6.42 Å². The number of pyridine rings is 1. The summed E-state index contributed by atoms with van der Waals surface area (Å²) in [5.41, 5.74) is 1.31. The lowest BCUT2D eigenvalue weighted by Gasteiger charge is -2.27. The topological polar surface area (TPSA) is 70.5 Å². The van der Waals surface area contributed by atoms with E-state index in [1.54, 1.807) is 30.2 Å². The molecule has 0 aliphatic rings. The van der Waals surface area contributed by atoms with E-state index in [0.717, 1.165) is 5.69 Å². The molecule has 0 aromatic carbocycles. The molecule has 0 bridgehead atoms. The highest BCUT2D eigenvalue weighted by Crippen LogP contribution is 2.11. The summed E-state index contributed by atoms with van der Waals surface area (Å²) in [6, 6.07) is 3.03. The highest BCUT2D eigenvalue weighted by atomic mass is 16.4. The van der Waals surface area contributed by atoms with Crippen molar-refractivity contribution in [1.29, 1.82) is 0 Å². The summed E-state index contributed by atoms with van der Waals surface area (Å²) in [5, 5.41) is 8.78. The molecule has 1 atom stereocenters. The van der Waals surface area contributed by atoms with Gasteiger partial charge in [-0.2, -0.15) is 0 Å². The lowest BCUT2D eigenvalue weighted by molar-refractivity contribution is -0.138. The zero-order chi connectivity index (χ0) is 13.7. The van der Waals surface area contributed by atoms with Gasteiger partial charge in [-0.15, -0.1) is 0 Å². The summed E-state index contributed by atoms with van der Waals surface area (Å²) in [6.07, 6.45) is 1.53. The van der Waals surface area contributed by atoms with Crippen LogP contribution < -0.4 is 0 Å². The van der Waals surface area contributed by atoms with E-state index in [9.17, 15) is 9.59 Å². The van der Waals surface area contributed by atoms with Crippen molar-refractivity contribution >= 4 is 11.9 Å². The fourth-order valence-corrected chi connectivity index (χ4v) is 1.86. The Morgan fingerprint density at radius 1 is 1.50 bits per heavy atom. The second-order valence-electron chi connectivity index (χ2n) is 4.22. The van der Waals surface area contributed by atoms with E-state index in [1.165, 1.54) is 0 Å². The first-order chi connectivity index (χ1) is 8.45. The predicted molar refractivity (Wildman–Crippen MR) is 67.4 cm³/mol. The molecular weight excluding hydrogens is 232 g/mol. The van der Waals surface area contributed by atoms with Crippen LogP contribution in [0.25, 0.3) is 0 Å². The highest BCUT2D eigenvalue weighted by molar-refractivity contribution is 5.94. The molecule has 98 valence electrons. The molecule has 18 heavy (non-hydrogen) atoms. The molecule has 1 aromatic heterocycles. The number of carboxylic acids is 1. The van der Waals surface area contributed by atoms with Crippen LogP contribution in [0.2, 0.25) is 0 Å². The van der Waals surface area contributed by atoms with Crippen LogP contribution in [0.5, 0.6) is 0 Å². The van der Waals surface area contributed by atoms with Crippen molar-refractivity contribution in [3.63, 3.8) is 0 Å². The van der Waals surface area contributed by atoms with Crippen LogP contribution in [0.3, 0.4) is 0 Å². The van der Waals surface area contributed by atoms with Gasteiger partial charge >= 0.3 is 5.97 Å². The first-order valence-electron chi connectivity index (χ1n) is 5.91. The van der Waals surface area contributed by atoms with Crippen LogP contribution in [0.1, 0.15) is 36.3 Å². The normalized spacial score (nSPS) is 11.9. The van der Waals surface area contributed by atoms with Crippen LogP contribution in [0.15, 0.2) is 18.3 Å². The number of carbonyl (C=O) groups excluding carboxylic acids is 1. The third-order valence-electron chi connectivity index (χ3n) is 2.75. The van der Waals surface area contributed by atoms with Crippen LogP contribution in [-0.4, -0.2) is 39.5 Å². The maximum Gasteiger partial charge on any atom is 0.305 e. The molecule has 5 heteroatoms. The Balaban J connectivity index is 2.88. The number of carbonyl (C=O) groups is 2. The summed E-state index contributed by atoms with van der Waals surface area (Å²) in [4.78, 5) is 28.5. The van der Waals surface area contributed by atoms with Crippen LogP contribution >= 0.6 is 0 Å².